The molecule has 0 spiro atoms. The monoisotopic (exact) mass is 303 g/mol. The number of hydrogen-bond donors (Lipinski definition) is 1. The molecule has 1 saturated heterocycles. The van der Waals surface area contributed by atoms with Crippen LogP contribution >= 0.6 is 0 Å². The average molecular weight is 303 g/mol. The fourth-order valence-electron chi connectivity index (χ4n) is 2.60. The summed E-state index contributed by atoms with van der Waals surface area (Å²) >= 11 is 0. The van der Waals surface area contributed by atoms with E-state index in [2.05, 4.69) is 0 Å². The van der Waals surface area contributed by atoms with Crippen LogP contribution in [0.25, 0.3) is 0 Å². The van der Waals surface area contributed by atoms with Crippen LogP contribution in [-0.2, 0) is 19.4 Å². The van der Waals surface area contributed by atoms with Crippen LogP contribution in [-0.4, -0.2) is 53.9 Å². The van der Waals surface area contributed by atoms with E-state index in [9.17, 15) is 18.0 Å². The first-order chi connectivity index (χ1) is 9.33. The number of carboxylic acids is 1. The first kappa shape index (κ1) is 15.3. The Morgan fingerprint density at radius 2 is 1.90 bits per heavy atom. The van der Waals surface area contributed by atoms with Gasteiger partial charge in [0, 0.05) is 12.6 Å². The molecule has 1 aliphatic heterocycles. The summed E-state index contributed by atoms with van der Waals surface area (Å²) in [6, 6.07) is 0.0291. The highest BCUT2D eigenvalue weighted by atomic mass is 32.2. The van der Waals surface area contributed by atoms with Gasteiger partial charge in [-0.25, -0.2) is 8.42 Å². The van der Waals surface area contributed by atoms with Crippen molar-refractivity contribution in [3.05, 3.63) is 0 Å². The molecule has 6 nitrogen and oxygen atoms in total. The number of aliphatic carboxylic acids is 1. The quantitative estimate of drug-likeness (QED) is 0.805. The molecule has 20 heavy (non-hydrogen) atoms. The Hall–Kier alpha value is -1.11. The lowest BCUT2D eigenvalue weighted by Gasteiger charge is -2.30. The van der Waals surface area contributed by atoms with Crippen molar-refractivity contribution in [3.63, 3.8) is 0 Å². The van der Waals surface area contributed by atoms with E-state index in [1.807, 2.05) is 0 Å². The topological polar surface area (TPSA) is 91.8 Å². The van der Waals surface area contributed by atoms with E-state index >= 15 is 0 Å². The summed E-state index contributed by atoms with van der Waals surface area (Å²) < 4.78 is 24.1. The molecule has 1 saturated carbocycles. The van der Waals surface area contributed by atoms with Gasteiger partial charge in [0.2, 0.25) is 5.91 Å². The number of sulfone groups is 1. The van der Waals surface area contributed by atoms with Crippen molar-refractivity contribution in [2.45, 2.75) is 50.3 Å². The summed E-state index contributed by atoms with van der Waals surface area (Å²) in [5.74, 6) is -1.96. The van der Waals surface area contributed by atoms with Crippen LogP contribution < -0.4 is 0 Å². The lowest BCUT2D eigenvalue weighted by Crippen LogP contribution is -2.48. The Kier molecular flexibility index (Phi) is 4.36. The third-order valence-electron chi connectivity index (χ3n) is 4.02. The van der Waals surface area contributed by atoms with Gasteiger partial charge in [-0.15, -0.1) is 0 Å². The van der Waals surface area contributed by atoms with Crippen LogP contribution in [0.15, 0.2) is 0 Å². The minimum Gasteiger partial charge on any atom is -0.481 e. The van der Waals surface area contributed by atoms with Crippen molar-refractivity contribution in [2.24, 2.45) is 5.92 Å². The molecular weight excluding hydrogens is 282 g/mol. The van der Waals surface area contributed by atoms with Gasteiger partial charge in [-0.3, -0.25) is 9.59 Å². The lowest BCUT2D eigenvalue weighted by atomic mass is 10.1. The van der Waals surface area contributed by atoms with Gasteiger partial charge in [0.25, 0.3) is 0 Å². The van der Waals surface area contributed by atoms with Crippen LogP contribution in [0.4, 0.5) is 0 Å². The molecule has 0 aromatic heterocycles. The van der Waals surface area contributed by atoms with Gasteiger partial charge in [0.1, 0.15) is 5.25 Å². The van der Waals surface area contributed by atoms with Crippen molar-refractivity contribution in [3.8, 4) is 0 Å². The van der Waals surface area contributed by atoms with E-state index in [1.165, 1.54) is 4.90 Å². The number of rotatable bonds is 5. The summed E-state index contributed by atoms with van der Waals surface area (Å²) in [6.07, 6.45) is 3.39. The zero-order chi connectivity index (χ0) is 14.9. The van der Waals surface area contributed by atoms with Crippen molar-refractivity contribution in [1.29, 1.82) is 0 Å². The molecular formula is C13H21NO5S. The van der Waals surface area contributed by atoms with Gasteiger partial charge >= 0.3 is 5.97 Å². The molecule has 2 unspecified atom stereocenters. The highest BCUT2D eigenvalue weighted by molar-refractivity contribution is 7.92. The van der Waals surface area contributed by atoms with E-state index in [1.54, 1.807) is 6.92 Å². The Balaban J connectivity index is 2.12. The maximum atomic E-state index is 12.5. The Bertz CT molecular complexity index is 497. The number of hydrogen-bond acceptors (Lipinski definition) is 4. The molecule has 2 rings (SSSR count). The van der Waals surface area contributed by atoms with E-state index in [0.29, 0.717) is 12.8 Å². The van der Waals surface area contributed by atoms with Crippen molar-refractivity contribution < 1.29 is 23.1 Å². The fourth-order valence-corrected chi connectivity index (χ4v) is 4.45. The second-order valence-corrected chi connectivity index (χ2v) is 8.12. The standard InChI is InChI=1S/C13H21NO5S/c1-9(13(16)17)8-14(10-5-6-10)12(15)11-4-2-3-7-20(11,18)19/h9-11H,2-8H2,1H3,(H,16,17). The largest absolute Gasteiger partial charge is 0.481 e. The van der Waals surface area contributed by atoms with Gasteiger partial charge in [-0.05, 0) is 25.7 Å². The number of carbonyl (C=O) groups is 2. The van der Waals surface area contributed by atoms with E-state index in [0.717, 1.165) is 19.3 Å². The minimum absolute atomic E-state index is 0.0291. The molecule has 0 bridgehead atoms. The number of nitrogens with zero attached hydrogens (tertiary/aromatic N) is 1. The first-order valence-corrected chi connectivity index (χ1v) is 8.79. The van der Waals surface area contributed by atoms with Gasteiger partial charge in [-0.1, -0.05) is 13.3 Å². The zero-order valence-electron chi connectivity index (χ0n) is 11.6. The molecule has 2 aliphatic rings. The van der Waals surface area contributed by atoms with Crippen LogP contribution in [0.3, 0.4) is 0 Å². The van der Waals surface area contributed by atoms with Crippen molar-refractivity contribution >= 4 is 21.7 Å². The molecule has 2 fully saturated rings. The van der Waals surface area contributed by atoms with E-state index in [4.69, 9.17) is 5.11 Å². The Labute approximate surface area is 119 Å². The summed E-state index contributed by atoms with van der Waals surface area (Å²) in [5.41, 5.74) is 0. The second kappa shape index (κ2) is 5.71. The number of carboxylic acid groups (broad SMARTS) is 1. The van der Waals surface area contributed by atoms with Crippen LogP contribution in [0, 0.1) is 5.92 Å². The molecule has 0 aromatic rings. The normalized spacial score (nSPS) is 26.8. The van der Waals surface area contributed by atoms with Crippen molar-refractivity contribution in [1.82, 2.24) is 4.90 Å². The average Bonchev–Trinajstić information content (AvgIpc) is 3.18. The van der Waals surface area contributed by atoms with Gasteiger partial charge < -0.3 is 10.0 Å². The summed E-state index contributed by atoms with van der Waals surface area (Å²) in [7, 11) is -3.37. The van der Waals surface area contributed by atoms with Crippen LogP contribution in [0.5, 0.6) is 0 Å². The Morgan fingerprint density at radius 1 is 1.25 bits per heavy atom. The lowest BCUT2D eigenvalue weighted by molar-refractivity contribution is -0.143. The smallest absolute Gasteiger partial charge is 0.308 e. The number of amides is 1. The number of carbonyl (C=O) groups excluding carboxylic acids is 1. The molecule has 1 aliphatic carbocycles. The van der Waals surface area contributed by atoms with Gasteiger partial charge in [-0.2, -0.15) is 0 Å². The van der Waals surface area contributed by atoms with Crippen molar-refractivity contribution in [2.75, 3.05) is 12.3 Å². The van der Waals surface area contributed by atoms with Gasteiger partial charge in [0.15, 0.2) is 9.84 Å². The Morgan fingerprint density at radius 3 is 2.40 bits per heavy atom. The molecule has 0 radical (unpaired) electrons. The fraction of sp³-hybridized carbons (Fsp3) is 0.846. The summed E-state index contributed by atoms with van der Waals surface area (Å²) in [4.78, 5) is 24.9. The second-order valence-electron chi connectivity index (χ2n) is 5.81. The predicted molar refractivity (Wildman–Crippen MR) is 73.0 cm³/mol. The highest BCUT2D eigenvalue weighted by Crippen LogP contribution is 2.31. The summed E-state index contributed by atoms with van der Waals surface area (Å²) in [6.45, 7) is 1.64. The molecule has 1 amide bonds. The SMILES string of the molecule is CC(CN(C(=O)C1CCCCS1(=O)=O)C1CC1)C(=O)O. The predicted octanol–water partition coefficient (Wildman–Crippen LogP) is 0.665. The molecule has 114 valence electrons. The van der Waals surface area contributed by atoms with E-state index in [-0.39, 0.29) is 24.2 Å². The maximum Gasteiger partial charge on any atom is 0.308 e. The van der Waals surface area contributed by atoms with Gasteiger partial charge in [0.05, 0.1) is 11.7 Å². The molecule has 7 heteroatoms. The van der Waals surface area contributed by atoms with Crippen LogP contribution in [0.2, 0.25) is 0 Å². The summed E-state index contributed by atoms with van der Waals surface area (Å²) in [5, 5.41) is 8.01. The maximum absolute atomic E-state index is 12.5. The third-order valence-corrected chi connectivity index (χ3v) is 6.18. The molecule has 2 atom stereocenters. The highest BCUT2D eigenvalue weighted by Gasteiger charge is 2.42. The molecule has 0 aromatic carbocycles. The third kappa shape index (κ3) is 3.31. The first-order valence-electron chi connectivity index (χ1n) is 7.08. The molecule has 1 heterocycles. The zero-order valence-corrected chi connectivity index (χ0v) is 12.4. The van der Waals surface area contributed by atoms with E-state index < -0.39 is 27.0 Å². The molecule has 1 N–H and O–H groups in total. The van der Waals surface area contributed by atoms with Crippen LogP contribution in [0.1, 0.15) is 39.0 Å². The minimum atomic E-state index is -3.37.